The van der Waals surface area contributed by atoms with Crippen LogP contribution in [0.1, 0.15) is 278 Å². The molecular formula is C61H111NO. The monoisotopic (exact) mass is 874 g/mol. The minimum Gasteiger partial charge on any atom is -0.309 e. The Morgan fingerprint density at radius 2 is 0.651 bits per heavy atom. The first kappa shape index (κ1) is 61.1. The van der Waals surface area contributed by atoms with Crippen LogP contribution in [0.4, 0.5) is 0 Å². The highest BCUT2D eigenvalue weighted by Gasteiger charge is 2.27. The zero-order valence-electron chi connectivity index (χ0n) is 43.4. The van der Waals surface area contributed by atoms with Crippen molar-refractivity contribution in [1.29, 1.82) is 0 Å². The Balaban J connectivity index is 4.87. The lowest BCUT2D eigenvalue weighted by Crippen LogP contribution is -2.26. The molecule has 0 amide bonds. The van der Waals surface area contributed by atoms with Gasteiger partial charge in [-0.25, -0.2) is 0 Å². The molecule has 0 aliphatic carbocycles. The van der Waals surface area contributed by atoms with E-state index in [-0.39, 0.29) is 5.92 Å². The predicted molar refractivity (Wildman–Crippen MR) is 287 cm³/mol. The molecule has 0 rings (SSSR count). The average Bonchev–Trinajstić information content (AvgIpc) is 3.28. The van der Waals surface area contributed by atoms with Crippen LogP contribution >= 0.6 is 0 Å². The quantitative estimate of drug-likeness (QED) is 0.0448. The van der Waals surface area contributed by atoms with Crippen LogP contribution in [-0.2, 0) is 4.79 Å². The normalized spacial score (nSPS) is 13.1. The van der Waals surface area contributed by atoms with Gasteiger partial charge in [0.25, 0.3) is 0 Å². The molecule has 0 fully saturated rings. The van der Waals surface area contributed by atoms with Crippen molar-refractivity contribution in [3.8, 4) is 0 Å². The second-order valence-electron chi connectivity index (χ2n) is 19.5. The van der Waals surface area contributed by atoms with Crippen molar-refractivity contribution in [2.45, 2.75) is 278 Å². The van der Waals surface area contributed by atoms with E-state index in [1.807, 2.05) is 0 Å². The van der Waals surface area contributed by atoms with E-state index in [4.69, 9.17) is 0 Å². The number of nitrogens with zero attached hydrogens (tertiary/aromatic N) is 1. The largest absolute Gasteiger partial charge is 0.309 e. The van der Waals surface area contributed by atoms with Gasteiger partial charge in [0.15, 0.2) is 0 Å². The first-order valence-corrected chi connectivity index (χ1v) is 28.1. The Morgan fingerprint density at radius 1 is 0.349 bits per heavy atom. The summed E-state index contributed by atoms with van der Waals surface area (Å²) in [5, 5.41) is 0. The lowest BCUT2D eigenvalue weighted by atomic mass is 9.77. The van der Waals surface area contributed by atoms with E-state index in [1.165, 1.54) is 212 Å². The fourth-order valence-electron chi connectivity index (χ4n) is 8.92. The third kappa shape index (κ3) is 47.8. The zero-order chi connectivity index (χ0) is 45.8. The zero-order valence-corrected chi connectivity index (χ0v) is 43.4. The maximum absolute atomic E-state index is 14.1. The van der Waals surface area contributed by atoms with E-state index < -0.39 is 0 Å². The molecule has 0 spiro atoms. The van der Waals surface area contributed by atoms with Gasteiger partial charge in [0.1, 0.15) is 5.78 Å². The van der Waals surface area contributed by atoms with E-state index in [0.29, 0.717) is 11.7 Å². The Labute approximate surface area is 396 Å². The molecule has 0 aliphatic rings. The minimum absolute atomic E-state index is 0.270. The van der Waals surface area contributed by atoms with Gasteiger partial charge in [-0.1, -0.05) is 216 Å². The maximum atomic E-state index is 14.1. The predicted octanol–water partition coefficient (Wildman–Crippen LogP) is 20.4. The van der Waals surface area contributed by atoms with Gasteiger partial charge in [-0.3, -0.25) is 4.79 Å². The van der Waals surface area contributed by atoms with Crippen LogP contribution in [0, 0.1) is 11.8 Å². The van der Waals surface area contributed by atoms with Crippen molar-refractivity contribution >= 4 is 5.78 Å². The van der Waals surface area contributed by atoms with E-state index in [2.05, 4.69) is 113 Å². The molecule has 1 unspecified atom stereocenters. The van der Waals surface area contributed by atoms with Gasteiger partial charge in [0.2, 0.25) is 0 Å². The Kier molecular flexibility index (Phi) is 51.1. The molecule has 0 radical (unpaired) electrons. The Hall–Kier alpha value is -1.93. The number of rotatable bonds is 50. The van der Waals surface area contributed by atoms with Crippen molar-refractivity contribution < 1.29 is 4.79 Å². The van der Waals surface area contributed by atoms with Crippen molar-refractivity contribution in [2.75, 3.05) is 20.6 Å². The molecule has 2 heteroatoms. The number of unbranched alkanes of at least 4 members (excludes halogenated alkanes) is 26. The van der Waals surface area contributed by atoms with Crippen molar-refractivity contribution in [3.05, 3.63) is 72.9 Å². The van der Waals surface area contributed by atoms with E-state index in [9.17, 15) is 4.79 Å². The number of allylic oxidation sites excluding steroid dienone is 12. The van der Waals surface area contributed by atoms with Gasteiger partial charge in [-0.05, 0) is 155 Å². The minimum atomic E-state index is 0.270. The van der Waals surface area contributed by atoms with Crippen LogP contribution < -0.4 is 0 Å². The van der Waals surface area contributed by atoms with Gasteiger partial charge >= 0.3 is 0 Å². The fourth-order valence-corrected chi connectivity index (χ4v) is 8.92. The van der Waals surface area contributed by atoms with Crippen LogP contribution in [-0.4, -0.2) is 31.3 Å². The third-order valence-corrected chi connectivity index (χ3v) is 13.0. The summed E-state index contributed by atoms with van der Waals surface area (Å²) in [4.78, 5) is 16.4. The fraction of sp³-hybridized carbons (Fsp3) is 0.787. The number of carbonyl (C=O) groups excluding carboxylic acids is 1. The smallest absolute Gasteiger partial charge is 0.136 e. The topological polar surface area (TPSA) is 20.3 Å². The SMILES string of the molecule is CCCCC/C=C\C/C=C\CCCCCCCCC(CCCCCCCC/C=C\C/C=C\CCCCC)C(CCCN(C)C)C(=O)CCCCCCC/C=C\C/C=C\CCCCC. The van der Waals surface area contributed by atoms with Crippen LogP contribution in [0.3, 0.4) is 0 Å². The molecule has 0 aromatic heterocycles. The maximum Gasteiger partial charge on any atom is 0.136 e. The second kappa shape index (κ2) is 52.7. The van der Waals surface area contributed by atoms with Crippen LogP contribution in [0.5, 0.6) is 0 Å². The van der Waals surface area contributed by atoms with Crippen LogP contribution in [0.2, 0.25) is 0 Å². The van der Waals surface area contributed by atoms with Gasteiger partial charge in [0.05, 0.1) is 0 Å². The summed E-state index contributed by atoms with van der Waals surface area (Å²) >= 11 is 0. The average molecular weight is 875 g/mol. The highest BCUT2D eigenvalue weighted by Crippen LogP contribution is 2.32. The van der Waals surface area contributed by atoms with Crippen LogP contribution in [0.15, 0.2) is 72.9 Å². The van der Waals surface area contributed by atoms with Crippen molar-refractivity contribution in [2.24, 2.45) is 11.8 Å². The van der Waals surface area contributed by atoms with E-state index >= 15 is 0 Å². The molecule has 0 N–H and O–H groups in total. The molecule has 0 heterocycles. The highest BCUT2D eigenvalue weighted by atomic mass is 16.1. The number of carbonyl (C=O) groups is 1. The van der Waals surface area contributed by atoms with Crippen molar-refractivity contribution in [3.63, 3.8) is 0 Å². The van der Waals surface area contributed by atoms with Gasteiger partial charge in [0, 0.05) is 12.3 Å². The molecule has 0 aliphatic heterocycles. The first-order chi connectivity index (χ1) is 31.1. The van der Waals surface area contributed by atoms with E-state index in [1.54, 1.807) is 0 Å². The Bertz CT molecular complexity index is 1040. The number of hydrogen-bond donors (Lipinski definition) is 0. The summed E-state index contributed by atoms with van der Waals surface area (Å²) in [5.74, 6) is 1.45. The van der Waals surface area contributed by atoms with Gasteiger partial charge in [-0.2, -0.15) is 0 Å². The molecule has 0 saturated carbocycles. The summed E-state index contributed by atoms with van der Waals surface area (Å²) in [6.45, 7) is 7.91. The Morgan fingerprint density at radius 3 is 0.984 bits per heavy atom. The lowest BCUT2D eigenvalue weighted by Gasteiger charge is -2.27. The molecule has 0 bridgehead atoms. The first-order valence-electron chi connectivity index (χ1n) is 28.1. The summed E-state index contributed by atoms with van der Waals surface area (Å²) in [5.41, 5.74) is 0. The second-order valence-corrected chi connectivity index (χ2v) is 19.5. The van der Waals surface area contributed by atoms with Crippen LogP contribution in [0.25, 0.3) is 0 Å². The summed E-state index contributed by atoms with van der Waals surface area (Å²) in [7, 11) is 4.37. The molecule has 1 atom stereocenters. The number of hydrogen-bond acceptors (Lipinski definition) is 2. The molecule has 366 valence electrons. The molecule has 63 heavy (non-hydrogen) atoms. The van der Waals surface area contributed by atoms with Gasteiger partial charge < -0.3 is 4.90 Å². The molecule has 0 saturated heterocycles. The molecular weight excluding hydrogens is 763 g/mol. The van der Waals surface area contributed by atoms with E-state index in [0.717, 1.165) is 51.5 Å². The number of ketones is 1. The lowest BCUT2D eigenvalue weighted by molar-refractivity contribution is -0.125. The molecule has 2 nitrogen and oxygen atoms in total. The summed E-state index contributed by atoms with van der Waals surface area (Å²) < 4.78 is 0. The summed E-state index contributed by atoms with van der Waals surface area (Å²) in [6, 6.07) is 0. The van der Waals surface area contributed by atoms with Gasteiger partial charge in [-0.15, -0.1) is 0 Å². The number of Topliss-reactive ketones (excluding diaryl/α,β-unsaturated/α-hetero) is 1. The summed E-state index contributed by atoms with van der Waals surface area (Å²) in [6.07, 6.45) is 78.7. The molecule has 0 aromatic rings. The van der Waals surface area contributed by atoms with Crippen molar-refractivity contribution in [1.82, 2.24) is 4.90 Å². The standard InChI is InChI=1S/C61H111NO/c1-6-9-12-15-18-21-24-27-30-33-35-38-41-44-47-50-54-59(55-51-48-45-42-39-36-34-31-28-25-22-19-16-13-10-7-2)60(56-53-58-62(4)5)61(63)57-52-49-46-43-40-37-32-29-26-23-20-17-14-11-8-3/h18-23,27-32,59-60H,6-17,24-26,33-58H2,1-5H3/b21-18-,22-19-,23-20-,30-27-,31-28-,32-29-. The molecule has 0 aromatic carbocycles. The third-order valence-electron chi connectivity index (χ3n) is 13.0. The highest BCUT2D eigenvalue weighted by molar-refractivity contribution is 5.81.